The predicted octanol–water partition coefficient (Wildman–Crippen LogP) is 2.69. The van der Waals surface area contributed by atoms with Gasteiger partial charge in [0, 0.05) is 0 Å². The lowest BCUT2D eigenvalue weighted by molar-refractivity contribution is 0.484. The molecule has 0 spiro atoms. The molecule has 2 aliphatic rings. The lowest BCUT2D eigenvalue weighted by Gasteiger charge is -2.18. The van der Waals surface area contributed by atoms with Crippen LogP contribution in [0.5, 0.6) is 0 Å². The van der Waals surface area contributed by atoms with Crippen LogP contribution in [-0.4, -0.2) is 48.3 Å². The van der Waals surface area contributed by atoms with Gasteiger partial charge in [-0.2, -0.15) is 16.8 Å². The number of isothiocyanates is 2. The molecular weight excluding hydrogens is 444 g/mol. The molecule has 0 aliphatic heterocycles. The van der Waals surface area contributed by atoms with Gasteiger partial charge in [-0.3, -0.25) is 9.11 Å². The Morgan fingerprint density at radius 1 is 0.857 bits per heavy atom. The minimum Gasteiger partial charge on any atom is -0.282 e. The molecule has 0 radical (unpaired) electrons. The average molecular weight is 459 g/mol. The van der Waals surface area contributed by atoms with Crippen molar-refractivity contribution in [1.29, 1.82) is 0 Å². The molecule has 0 heterocycles. The van der Waals surface area contributed by atoms with Crippen LogP contribution in [0.4, 0.5) is 0 Å². The first-order valence-corrected chi connectivity index (χ1v) is 11.4. The van der Waals surface area contributed by atoms with Gasteiger partial charge < -0.3 is 0 Å². The highest BCUT2D eigenvalue weighted by atomic mass is 32.2. The van der Waals surface area contributed by atoms with Gasteiger partial charge in [0.15, 0.2) is 0 Å². The molecule has 148 valence electrons. The summed E-state index contributed by atoms with van der Waals surface area (Å²) in [5, 5.41) is 4.39. The fourth-order valence-corrected chi connectivity index (χ4v) is 5.18. The minimum atomic E-state index is -5.02. The Labute approximate surface area is 173 Å². The fraction of sp³-hybridized carbons (Fsp3) is 0.250. The molecule has 0 aromatic heterocycles. The average Bonchev–Trinajstić information content (AvgIpc) is 2.60. The molecular formula is C16H14N2O6S4. The first-order valence-electron chi connectivity index (χ1n) is 7.68. The van der Waals surface area contributed by atoms with E-state index in [-0.39, 0.29) is 36.1 Å². The van der Waals surface area contributed by atoms with Crippen molar-refractivity contribution in [3.8, 4) is 0 Å². The topological polar surface area (TPSA) is 133 Å². The van der Waals surface area contributed by atoms with E-state index in [0.29, 0.717) is 0 Å². The molecule has 0 saturated carbocycles. The molecule has 2 unspecified atom stereocenters. The van der Waals surface area contributed by atoms with E-state index in [1.807, 2.05) is 0 Å². The first kappa shape index (κ1) is 22.4. The highest BCUT2D eigenvalue weighted by molar-refractivity contribution is 7.94. The third-order valence-electron chi connectivity index (χ3n) is 3.84. The summed E-state index contributed by atoms with van der Waals surface area (Å²) in [5.74, 6) is 0. The van der Waals surface area contributed by atoms with E-state index in [1.165, 1.54) is 36.5 Å². The maximum Gasteiger partial charge on any atom is 0.296 e. The summed E-state index contributed by atoms with van der Waals surface area (Å²) >= 11 is 9.03. The van der Waals surface area contributed by atoms with Crippen molar-refractivity contribution in [2.24, 2.45) is 9.98 Å². The number of rotatable bonds is 6. The van der Waals surface area contributed by atoms with Crippen molar-refractivity contribution in [2.75, 3.05) is 0 Å². The second-order valence-electron chi connectivity index (χ2n) is 5.69. The molecule has 0 amide bonds. The second-order valence-corrected chi connectivity index (χ2v) is 8.77. The minimum absolute atomic E-state index is 0.0979. The van der Waals surface area contributed by atoms with Crippen molar-refractivity contribution in [2.45, 2.75) is 24.9 Å². The molecule has 2 aliphatic carbocycles. The van der Waals surface area contributed by atoms with Crippen molar-refractivity contribution in [3.05, 3.63) is 57.4 Å². The maximum atomic E-state index is 12.0. The van der Waals surface area contributed by atoms with Crippen LogP contribution >= 0.6 is 24.4 Å². The van der Waals surface area contributed by atoms with Crippen LogP contribution in [0.1, 0.15) is 12.8 Å². The van der Waals surface area contributed by atoms with E-state index in [9.17, 15) is 25.9 Å². The molecule has 2 rings (SSSR count). The smallest absolute Gasteiger partial charge is 0.282 e. The van der Waals surface area contributed by atoms with E-state index in [1.54, 1.807) is 0 Å². The summed E-state index contributed by atoms with van der Waals surface area (Å²) < 4.78 is 67.6. The van der Waals surface area contributed by atoms with Gasteiger partial charge in [0.1, 0.15) is 9.81 Å². The van der Waals surface area contributed by atoms with E-state index in [2.05, 4.69) is 44.7 Å². The Hall–Kier alpha value is -1.88. The van der Waals surface area contributed by atoms with Crippen LogP contribution < -0.4 is 0 Å². The Morgan fingerprint density at radius 2 is 1.21 bits per heavy atom. The summed E-state index contributed by atoms with van der Waals surface area (Å²) in [6.07, 6.45) is 8.69. The third-order valence-corrected chi connectivity index (χ3v) is 6.09. The number of nitrogens with zero attached hydrogens (tertiary/aromatic N) is 2. The van der Waals surface area contributed by atoms with Gasteiger partial charge in [0.25, 0.3) is 20.2 Å². The Kier molecular flexibility index (Phi) is 7.27. The molecule has 0 bridgehead atoms. The molecule has 0 aromatic rings. The van der Waals surface area contributed by atoms with E-state index in [0.717, 1.165) is 0 Å². The lowest BCUT2D eigenvalue weighted by atomic mass is 9.99. The van der Waals surface area contributed by atoms with Crippen molar-refractivity contribution < 1.29 is 25.9 Å². The Bertz CT molecular complexity index is 1040. The zero-order chi connectivity index (χ0) is 20.9. The molecule has 28 heavy (non-hydrogen) atoms. The van der Waals surface area contributed by atoms with Crippen molar-refractivity contribution in [1.82, 2.24) is 0 Å². The summed E-state index contributed by atoms with van der Waals surface area (Å²) in [6, 6.07) is -0.778. The zero-order valence-electron chi connectivity index (χ0n) is 14.1. The van der Waals surface area contributed by atoms with Crippen molar-refractivity contribution >= 4 is 55.0 Å². The SMILES string of the molecule is O=S(=O)(O)C(C1=CCC(N=C=S)C=C1)=C(C1=CCC(N=C=S)C=C1)S(=O)(=O)O. The van der Waals surface area contributed by atoms with Gasteiger partial charge in [0.2, 0.25) is 0 Å². The van der Waals surface area contributed by atoms with Gasteiger partial charge >= 0.3 is 0 Å². The highest BCUT2D eigenvalue weighted by Crippen LogP contribution is 2.34. The highest BCUT2D eigenvalue weighted by Gasteiger charge is 2.33. The number of allylic oxidation sites excluding steroid dienone is 4. The van der Waals surface area contributed by atoms with Gasteiger partial charge in [-0.05, 0) is 48.4 Å². The van der Waals surface area contributed by atoms with Crippen LogP contribution in [0.2, 0.25) is 0 Å². The number of aliphatic imine (C=N–C) groups is 2. The first-order chi connectivity index (χ1) is 13.1. The van der Waals surface area contributed by atoms with Crippen LogP contribution in [0, 0.1) is 0 Å². The number of hydrogen-bond acceptors (Lipinski definition) is 8. The van der Waals surface area contributed by atoms with Crippen LogP contribution in [0.25, 0.3) is 0 Å². The largest absolute Gasteiger partial charge is 0.296 e. The van der Waals surface area contributed by atoms with E-state index >= 15 is 0 Å². The van der Waals surface area contributed by atoms with Crippen LogP contribution in [0.15, 0.2) is 67.4 Å². The molecule has 12 heteroatoms. The Morgan fingerprint density at radius 3 is 1.43 bits per heavy atom. The summed E-state index contributed by atoms with van der Waals surface area (Å²) in [6.45, 7) is 0. The fourth-order valence-electron chi connectivity index (χ4n) is 2.68. The molecule has 2 atom stereocenters. The maximum absolute atomic E-state index is 12.0. The lowest BCUT2D eigenvalue weighted by Crippen LogP contribution is -2.17. The van der Waals surface area contributed by atoms with Gasteiger partial charge in [-0.25, -0.2) is 9.98 Å². The third kappa shape index (κ3) is 5.57. The molecule has 8 nitrogen and oxygen atoms in total. The van der Waals surface area contributed by atoms with Crippen LogP contribution in [-0.2, 0) is 20.2 Å². The quantitative estimate of drug-likeness (QED) is 0.353. The zero-order valence-corrected chi connectivity index (χ0v) is 17.4. The normalized spacial score (nSPS) is 22.9. The van der Waals surface area contributed by atoms with Gasteiger partial charge in [-0.1, -0.05) is 36.5 Å². The predicted molar refractivity (Wildman–Crippen MR) is 111 cm³/mol. The summed E-state index contributed by atoms with van der Waals surface area (Å²) in [4.78, 5) is 5.82. The Balaban J connectivity index is 2.68. The van der Waals surface area contributed by atoms with Gasteiger partial charge in [-0.15, -0.1) is 0 Å². The number of thiocarbonyl (C=S) groups is 2. The standard InChI is InChI=1S/C16H14N2O6S4/c19-27(20,21)15(11-1-5-13(6-2-11)17-9-25)16(28(22,23)24)12-3-7-14(8-4-12)18-10-26/h1-5,7,13-14H,6,8H2,(H,19,20,21)(H,22,23,24). The van der Waals surface area contributed by atoms with Crippen LogP contribution in [0.3, 0.4) is 0 Å². The van der Waals surface area contributed by atoms with E-state index in [4.69, 9.17) is 0 Å². The number of hydrogen-bond donors (Lipinski definition) is 2. The molecule has 0 fully saturated rings. The van der Waals surface area contributed by atoms with Crippen molar-refractivity contribution in [3.63, 3.8) is 0 Å². The molecule has 0 aromatic carbocycles. The second kappa shape index (κ2) is 9.08. The van der Waals surface area contributed by atoms with Gasteiger partial charge in [0.05, 0.1) is 22.4 Å². The monoisotopic (exact) mass is 458 g/mol. The van der Waals surface area contributed by atoms with E-state index < -0.39 is 30.0 Å². The molecule has 2 N–H and O–H groups in total. The summed E-state index contributed by atoms with van der Waals surface area (Å²) in [5.41, 5.74) is -0.196. The molecule has 0 saturated heterocycles. The summed E-state index contributed by atoms with van der Waals surface area (Å²) in [7, 11) is -10.0.